The van der Waals surface area contributed by atoms with Gasteiger partial charge >= 0.3 is 5.97 Å². The second-order valence-electron chi connectivity index (χ2n) is 6.57. The zero-order valence-electron chi connectivity index (χ0n) is 16.0. The molecule has 0 atom stereocenters. The Bertz CT molecular complexity index is 1180. The molecule has 0 spiro atoms. The number of benzene rings is 3. The number of aromatic nitrogens is 1. The van der Waals surface area contributed by atoms with E-state index in [9.17, 15) is 9.59 Å². The minimum atomic E-state index is -0.595. The number of carbonyl (C=O) groups is 2. The van der Waals surface area contributed by atoms with E-state index in [4.69, 9.17) is 4.74 Å². The summed E-state index contributed by atoms with van der Waals surface area (Å²) in [6.45, 7) is 1.94. The van der Waals surface area contributed by atoms with Crippen LogP contribution in [0.15, 0.2) is 84.9 Å². The molecule has 0 saturated carbocycles. The number of carbonyl (C=O) groups excluding carboxylic acids is 2. The zero-order valence-corrected chi connectivity index (χ0v) is 16.0. The Morgan fingerprint density at radius 1 is 0.828 bits per heavy atom. The maximum Gasteiger partial charge on any atom is 0.357 e. The lowest BCUT2D eigenvalue weighted by atomic mass is 9.97. The summed E-state index contributed by atoms with van der Waals surface area (Å²) in [6, 6.07) is 26.4. The van der Waals surface area contributed by atoms with Gasteiger partial charge in [0.15, 0.2) is 11.5 Å². The van der Waals surface area contributed by atoms with Crippen molar-refractivity contribution in [2.24, 2.45) is 0 Å². The van der Waals surface area contributed by atoms with Crippen molar-refractivity contribution in [1.29, 1.82) is 0 Å². The van der Waals surface area contributed by atoms with E-state index in [0.717, 1.165) is 16.5 Å². The van der Waals surface area contributed by atoms with Crippen molar-refractivity contribution >= 4 is 22.7 Å². The summed E-state index contributed by atoms with van der Waals surface area (Å²) in [5.74, 6) is -0.853. The molecule has 0 unspecified atom stereocenters. The second-order valence-corrected chi connectivity index (χ2v) is 6.57. The molecule has 4 rings (SSSR count). The fourth-order valence-corrected chi connectivity index (χ4v) is 3.24. The molecule has 0 fully saturated rings. The average molecular weight is 381 g/mol. The number of ether oxygens (including phenoxy) is 1. The molecule has 4 aromatic rings. The molecular formula is C25H19NO3. The van der Waals surface area contributed by atoms with Gasteiger partial charge in [0.2, 0.25) is 0 Å². The lowest BCUT2D eigenvalue weighted by Crippen LogP contribution is -2.15. The van der Waals surface area contributed by atoms with Crippen LogP contribution in [-0.4, -0.2) is 23.3 Å². The topological polar surface area (TPSA) is 56.3 Å². The van der Waals surface area contributed by atoms with Crippen LogP contribution >= 0.6 is 0 Å². The van der Waals surface area contributed by atoms with Gasteiger partial charge < -0.3 is 4.74 Å². The number of ketones is 1. The van der Waals surface area contributed by atoms with E-state index in [2.05, 4.69) is 4.98 Å². The van der Waals surface area contributed by atoms with E-state index in [0.29, 0.717) is 11.1 Å². The molecule has 1 heterocycles. The van der Waals surface area contributed by atoms with Crippen molar-refractivity contribution in [3.63, 3.8) is 0 Å². The van der Waals surface area contributed by atoms with Gasteiger partial charge in [0.25, 0.3) is 0 Å². The predicted molar refractivity (Wildman–Crippen MR) is 113 cm³/mol. The molecule has 3 aromatic carbocycles. The van der Waals surface area contributed by atoms with Crippen LogP contribution < -0.4 is 0 Å². The largest absolute Gasteiger partial charge is 0.461 e. The van der Waals surface area contributed by atoms with E-state index < -0.39 is 5.97 Å². The first-order valence-electron chi connectivity index (χ1n) is 9.44. The lowest BCUT2D eigenvalue weighted by Gasteiger charge is -2.10. The molecule has 0 aliphatic rings. The summed E-state index contributed by atoms with van der Waals surface area (Å²) >= 11 is 0. The van der Waals surface area contributed by atoms with Gasteiger partial charge in [-0.3, -0.25) is 4.79 Å². The number of para-hydroxylation sites is 1. The Hall–Kier alpha value is -3.79. The Morgan fingerprint density at radius 2 is 1.48 bits per heavy atom. The Balaban J connectivity index is 1.76. The van der Waals surface area contributed by atoms with Crippen molar-refractivity contribution in [3.8, 4) is 11.1 Å². The standard InChI is InChI=1S/C25H19NO3/c1-2-29-25(28)23-21(16-20-10-6-7-11-22(20)26-23)24(27)19-14-12-18(13-15-19)17-8-4-3-5-9-17/h3-16H,2H2,1H3. The molecule has 142 valence electrons. The highest BCUT2D eigenvalue weighted by atomic mass is 16.5. The third kappa shape index (κ3) is 3.78. The van der Waals surface area contributed by atoms with Crippen molar-refractivity contribution in [2.75, 3.05) is 6.61 Å². The molecule has 0 radical (unpaired) electrons. The minimum Gasteiger partial charge on any atom is -0.461 e. The molecule has 0 aliphatic heterocycles. The van der Waals surface area contributed by atoms with Crippen LogP contribution in [0, 0.1) is 0 Å². The smallest absolute Gasteiger partial charge is 0.357 e. The fourth-order valence-electron chi connectivity index (χ4n) is 3.24. The molecule has 0 N–H and O–H groups in total. The molecule has 0 bridgehead atoms. The highest BCUT2D eigenvalue weighted by Gasteiger charge is 2.22. The van der Waals surface area contributed by atoms with E-state index in [-0.39, 0.29) is 23.6 Å². The van der Waals surface area contributed by atoms with Gasteiger partial charge in [-0.25, -0.2) is 9.78 Å². The maximum atomic E-state index is 13.2. The number of rotatable bonds is 5. The van der Waals surface area contributed by atoms with Gasteiger partial charge in [0, 0.05) is 10.9 Å². The highest BCUT2D eigenvalue weighted by Crippen LogP contribution is 2.23. The Labute approximate surface area is 168 Å². The summed E-state index contributed by atoms with van der Waals surface area (Å²) in [7, 11) is 0. The summed E-state index contributed by atoms with van der Waals surface area (Å²) in [4.78, 5) is 30.1. The summed E-state index contributed by atoms with van der Waals surface area (Å²) in [6.07, 6.45) is 0. The Morgan fingerprint density at radius 3 is 2.21 bits per heavy atom. The summed E-state index contributed by atoms with van der Waals surface area (Å²) < 4.78 is 5.13. The third-order valence-corrected chi connectivity index (χ3v) is 4.69. The van der Waals surface area contributed by atoms with Crippen LogP contribution in [-0.2, 0) is 4.74 Å². The van der Waals surface area contributed by atoms with E-state index >= 15 is 0 Å². The zero-order chi connectivity index (χ0) is 20.2. The number of nitrogens with zero attached hydrogens (tertiary/aromatic N) is 1. The van der Waals surface area contributed by atoms with Crippen LogP contribution in [0.25, 0.3) is 22.0 Å². The predicted octanol–water partition coefficient (Wildman–Crippen LogP) is 5.31. The summed E-state index contributed by atoms with van der Waals surface area (Å²) in [5, 5.41) is 0.796. The van der Waals surface area contributed by atoms with Crippen LogP contribution in [0.4, 0.5) is 0 Å². The maximum absolute atomic E-state index is 13.2. The number of fused-ring (bicyclic) bond motifs is 1. The third-order valence-electron chi connectivity index (χ3n) is 4.69. The van der Waals surface area contributed by atoms with E-state index in [1.54, 1.807) is 31.2 Å². The first kappa shape index (κ1) is 18.6. The SMILES string of the molecule is CCOC(=O)c1nc2ccccc2cc1C(=O)c1ccc(-c2ccccc2)cc1. The first-order valence-corrected chi connectivity index (χ1v) is 9.44. The lowest BCUT2D eigenvalue weighted by molar-refractivity contribution is 0.0517. The van der Waals surface area contributed by atoms with Crippen molar-refractivity contribution in [2.45, 2.75) is 6.92 Å². The quantitative estimate of drug-likeness (QED) is 0.347. The number of pyridine rings is 1. The van der Waals surface area contributed by atoms with Gasteiger partial charge in [0.05, 0.1) is 17.7 Å². The fraction of sp³-hybridized carbons (Fsp3) is 0.0800. The van der Waals surface area contributed by atoms with Gasteiger partial charge in [-0.1, -0.05) is 72.8 Å². The van der Waals surface area contributed by atoms with Gasteiger partial charge in [-0.2, -0.15) is 0 Å². The van der Waals surface area contributed by atoms with Crippen LogP contribution in [0.5, 0.6) is 0 Å². The molecule has 4 nitrogen and oxygen atoms in total. The molecular weight excluding hydrogens is 362 g/mol. The van der Waals surface area contributed by atoms with Gasteiger partial charge in [0.1, 0.15) is 0 Å². The van der Waals surface area contributed by atoms with Crippen molar-refractivity contribution in [1.82, 2.24) is 4.98 Å². The van der Waals surface area contributed by atoms with Gasteiger partial charge in [-0.05, 0) is 30.2 Å². The molecule has 4 heteroatoms. The molecule has 1 aromatic heterocycles. The first-order chi connectivity index (χ1) is 14.2. The van der Waals surface area contributed by atoms with E-state index in [1.165, 1.54) is 0 Å². The van der Waals surface area contributed by atoms with Crippen LogP contribution in [0.2, 0.25) is 0 Å². The van der Waals surface area contributed by atoms with E-state index in [1.807, 2.05) is 60.7 Å². The summed E-state index contributed by atoms with van der Waals surface area (Å²) in [5.41, 5.74) is 3.52. The van der Waals surface area contributed by atoms with Gasteiger partial charge in [-0.15, -0.1) is 0 Å². The monoisotopic (exact) mass is 381 g/mol. The van der Waals surface area contributed by atoms with Crippen molar-refractivity contribution < 1.29 is 14.3 Å². The Kier molecular flexibility index (Phi) is 5.16. The van der Waals surface area contributed by atoms with Crippen molar-refractivity contribution in [3.05, 3.63) is 102 Å². The molecule has 0 saturated heterocycles. The molecule has 0 aliphatic carbocycles. The number of esters is 1. The highest BCUT2D eigenvalue weighted by molar-refractivity contribution is 6.15. The number of hydrogen-bond acceptors (Lipinski definition) is 4. The molecule has 29 heavy (non-hydrogen) atoms. The average Bonchev–Trinajstić information content (AvgIpc) is 2.78. The minimum absolute atomic E-state index is 0.0442. The second kappa shape index (κ2) is 8.07. The van der Waals surface area contributed by atoms with Crippen LogP contribution in [0.3, 0.4) is 0 Å². The number of hydrogen-bond donors (Lipinski definition) is 0. The molecule has 0 amide bonds. The van der Waals surface area contributed by atoms with Crippen LogP contribution in [0.1, 0.15) is 33.3 Å². The normalized spacial score (nSPS) is 10.7.